The molecule has 1 fully saturated rings. The molecule has 0 radical (unpaired) electrons. The van der Waals surface area contributed by atoms with Crippen molar-refractivity contribution < 1.29 is 4.92 Å². The summed E-state index contributed by atoms with van der Waals surface area (Å²) in [7, 11) is 0. The van der Waals surface area contributed by atoms with Crippen molar-refractivity contribution in [1.82, 2.24) is 10.2 Å². The van der Waals surface area contributed by atoms with Crippen LogP contribution in [-0.2, 0) is 0 Å². The van der Waals surface area contributed by atoms with Gasteiger partial charge < -0.3 is 4.90 Å². The maximum atomic E-state index is 11.3. The van der Waals surface area contributed by atoms with E-state index in [1.165, 1.54) is 0 Å². The number of aromatic nitrogens is 2. The summed E-state index contributed by atoms with van der Waals surface area (Å²) >= 11 is 0. The first-order chi connectivity index (χ1) is 10.1. The zero-order valence-corrected chi connectivity index (χ0v) is 12.0. The number of nitro benzene ring substituents is 1. The van der Waals surface area contributed by atoms with Crippen LogP contribution in [0.2, 0.25) is 0 Å². The van der Waals surface area contributed by atoms with Gasteiger partial charge in [-0.15, -0.1) is 0 Å². The molecule has 0 bridgehead atoms. The topological polar surface area (TPSA) is 75.1 Å². The molecule has 1 aliphatic heterocycles. The average molecular weight is 286 g/mol. The lowest BCUT2D eigenvalue weighted by Crippen LogP contribution is -2.34. The molecule has 2 heterocycles. The van der Waals surface area contributed by atoms with Crippen LogP contribution in [0, 0.1) is 17.0 Å². The van der Waals surface area contributed by atoms with Gasteiger partial charge in [-0.25, -0.2) is 0 Å². The number of nitro groups is 1. The average Bonchev–Trinajstić information content (AvgIpc) is 3.01. The molecule has 6 heteroatoms. The number of anilines is 1. The van der Waals surface area contributed by atoms with Crippen LogP contribution in [0.5, 0.6) is 0 Å². The van der Waals surface area contributed by atoms with E-state index in [2.05, 4.69) is 15.1 Å². The molecular weight excluding hydrogens is 268 g/mol. The van der Waals surface area contributed by atoms with Crippen LogP contribution in [0.1, 0.15) is 30.0 Å². The van der Waals surface area contributed by atoms with Crippen molar-refractivity contribution >= 4 is 11.4 Å². The standard InChI is InChI=1S/C15H18N4O2/c1-11-4-5-14(15(9-11)19(20)21)18-8-2-3-12(10-18)13-6-7-16-17-13/h4-7,9,12H,2-3,8,10H2,1H3,(H,16,17). The summed E-state index contributed by atoms with van der Waals surface area (Å²) in [4.78, 5) is 13.1. The van der Waals surface area contributed by atoms with Crippen molar-refractivity contribution in [2.45, 2.75) is 25.7 Å². The smallest absolute Gasteiger partial charge is 0.292 e. The van der Waals surface area contributed by atoms with E-state index >= 15 is 0 Å². The van der Waals surface area contributed by atoms with E-state index in [0.29, 0.717) is 5.92 Å². The second-order valence-corrected chi connectivity index (χ2v) is 5.55. The fraction of sp³-hybridized carbons (Fsp3) is 0.400. The number of rotatable bonds is 3. The lowest BCUT2D eigenvalue weighted by molar-refractivity contribution is -0.384. The summed E-state index contributed by atoms with van der Waals surface area (Å²) in [6.45, 7) is 3.51. The van der Waals surface area contributed by atoms with Crippen LogP contribution in [0.3, 0.4) is 0 Å². The molecule has 0 spiro atoms. The number of hydrogen-bond acceptors (Lipinski definition) is 4. The van der Waals surface area contributed by atoms with Crippen molar-refractivity contribution in [3.63, 3.8) is 0 Å². The molecule has 1 unspecified atom stereocenters. The summed E-state index contributed by atoms with van der Waals surface area (Å²) in [5, 5.41) is 18.3. The van der Waals surface area contributed by atoms with E-state index in [-0.39, 0.29) is 10.6 Å². The van der Waals surface area contributed by atoms with Crippen LogP contribution in [0.4, 0.5) is 11.4 Å². The first-order valence-corrected chi connectivity index (χ1v) is 7.14. The van der Waals surface area contributed by atoms with Crippen molar-refractivity contribution in [3.05, 3.63) is 51.8 Å². The van der Waals surface area contributed by atoms with Crippen molar-refractivity contribution in [2.75, 3.05) is 18.0 Å². The number of H-pyrrole nitrogens is 1. The molecule has 1 aromatic heterocycles. The quantitative estimate of drug-likeness (QED) is 0.695. The molecule has 2 aromatic rings. The molecule has 110 valence electrons. The molecule has 1 atom stereocenters. The first kappa shape index (κ1) is 13.6. The van der Waals surface area contributed by atoms with Crippen LogP contribution in [0.15, 0.2) is 30.5 Å². The third-order valence-corrected chi connectivity index (χ3v) is 4.05. The normalized spacial score (nSPS) is 18.7. The van der Waals surface area contributed by atoms with E-state index in [1.54, 1.807) is 12.3 Å². The lowest BCUT2D eigenvalue weighted by Gasteiger charge is -2.33. The Morgan fingerprint density at radius 2 is 2.29 bits per heavy atom. The number of aryl methyl sites for hydroxylation is 1. The van der Waals surface area contributed by atoms with Crippen LogP contribution in [-0.4, -0.2) is 28.2 Å². The molecule has 21 heavy (non-hydrogen) atoms. The van der Waals surface area contributed by atoms with Gasteiger partial charge in [0.2, 0.25) is 0 Å². The van der Waals surface area contributed by atoms with Crippen LogP contribution in [0.25, 0.3) is 0 Å². The number of piperidine rings is 1. The first-order valence-electron chi connectivity index (χ1n) is 7.14. The van der Waals surface area contributed by atoms with Crippen molar-refractivity contribution in [3.8, 4) is 0 Å². The predicted molar refractivity (Wildman–Crippen MR) is 80.6 cm³/mol. The van der Waals surface area contributed by atoms with Crippen molar-refractivity contribution in [1.29, 1.82) is 0 Å². The molecule has 0 saturated carbocycles. The summed E-state index contributed by atoms with van der Waals surface area (Å²) in [5.74, 6) is 0.349. The monoisotopic (exact) mass is 286 g/mol. The second-order valence-electron chi connectivity index (χ2n) is 5.55. The maximum Gasteiger partial charge on any atom is 0.292 e. The highest BCUT2D eigenvalue weighted by atomic mass is 16.6. The number of aromatic amines is 1. The Labute approximate surface area is 122 Å². The molecule has 6 nitrogen and oxygen atoms in total. The number of benzene rings is 1. The fourth-order valence-corrected chi connectivity index (χ4v) is 2.99. The third kappa shape index (κ3) is 2.74. The van der Waals surface area contributed by atoms with Gasteiger partial charge in [0.05, 0.1) is 4.92 Å². The van der Waals surface area contributed by atoms with Gasteiger partial charge in [0.1, 0.15) is 5.69 Å². The van der Waals surface area contributed by atoms with Gasteiger partial charge in [-0.2, -0.15) is 5.10 Å². The lowest BCUT2D eigenvalue weighted by atomic mass is 9.94. The minimum Gasteiger partial charge on any atom is -0.365 e. The van der Waals surface area contributed by atoms with Gasteiger partial charge >= 0.3 is 0 Å². The Hall–Kier alpha value is -2.37. The Balaban J connectivity index is 1.88. The highest BCUT2D eigenvalue weighted by molar-refractivity contribution is 5.64. The van der Waals surface area contributed by atoms with Crippen LogP contribution >= 0.6 is 0 Å². The summed E-state index contributed by atoms with van der Waals surface area (Å²) < 4.78 is 0. The minimum atomic E-state index is -0.290. The van der Waals surface area contributed by atoms with Gasteiger partial charge in [-0.05, 0) is 37.5 Å². The highest BCUT2D eigenvalue weighted by Crippen LogP contribution is 2.34. The molecule has 1 aliphatic rings. The Kier molecular flexibility index (Phi) is 3.60. The number of hydrogen-bond donors (Lipinski definition) is 1. The largest absolute Gasteiger partial charge is 0.365 e. The predicted octanol–water partition coefficient (Wildman–Crippen LogP) is 3.01. The van der Waals surface area contributed by atoms with E-state index in [1.807, 2.05) is 25.1 Å². The molecule has 0 aliphatic carbocycles. The third-order valence-electron chi connectivity index (χ3n) is 4.05. The zero-order chi connectivity index (χ0) is 14.8. The molecule has 0 amide bonds. The zero-order valence-electron chi connectivity index (χ0n) is 12.0. The molecule has 3 rings (SSSR count). The summed E-state index contributed by atoms with van der Waals surface area (Å²) in [6.07, 6.45) is 3.86. The summed E-state index contributed by atoms with van der Waals surface area (Å²) in [6, 6.07) is 7.43. The molecule has 1 N–H and O–H groups in total. The second kappa shape index (κ2) is 5.55. The fourth-order valence-electron chi connectivity index (χ4n) is 2.99. The molecule has 1 aromatic carbocycles. The van der Waals surface area contributed by atoms with Gasteiger partial charge in [0.25, 0.3) is 5.69 Å². The molecular formula is C15H18N4O2. The van der Waals surface area contributed by atoms with E-state index < -0.39 is 0 Å². The van der Waals surface area contributed by atoms with Gasteiger partial charge in [-0.3, -0.25) is 15.2 Å². The van der Waals surface area contributed by atoms with E-state index in [9.17, 15) is 10.1 Å². The maximum absolute atomic E-state index is 11.3. The SMILES string of the molecule is Cc1ccc(N2CCCC(c3ccn[nH]3)C2)c([N+](=O)[O-])c1. The van der Waals surface area contributed by atoms with E-state index in [4.69, 9.17) is 0 Å². The van der Waals surface area contributed by atoms with Gasteiger partial charge in [0, 0.05) is 37.0 Å². The Bertz CT molecular complexity index is 639. The molecule has 1 saturated heterocycles. The van der Waals surface area contributed by atoms with Gasteiger partial charge in [-0.1, -0.05) is 6.07 Å². The minimum absolute atomic E-state index is 0.195. The summed E-state index contributed by atoms with van der Waals surface area (Å²) in [5.41, 5.74) is 2.93. The number of nitrogens with zero attached hydrogens (tertiary/aromatic N) is 3. The van der Waals surface area contributed by atoms with E-state index in [0.717, 1.165) is 42.9 Å². The Morgan fingerprint density at radius 1 is 1.43 bits per heavy atom. The number of nitrogens with one attached hydrogen (secondary N) is 1. The highest BCUT2D eigenvalue weighted by Gasteiger charge is 2.26. The van der Waals surface area contributed by atoms with Crippen LogP contribution < -0.4 is 4.90 Å². The Morgan fingerprint density at radius 3 is 3.00 bits per heavy atom. The van der Waals surface area contributed by atoms with Crippen molar-refractivity contribution in [2.24, 2.45) is 0 Å². The van der Waals surface area contributed by atoms with Gasteiger partial charge in [0.15, 0.2) is 0 Å².